The minimum Gasteiger partial charge on any atom is -0.508 e. The normalized spacial score (nSPS) is 14.8. The van der Waals surface area contributed by atoms with Gasteiger partial charge in [0.15, 0.2) is 5.96 Å². The lowest BCUT2D eigenvalue weighted by atomic mass is 10.1. The number of aromatic hydroxyl groups is 1. The van der Waals surface area contributed by atoms with E-state index in [0.717, 1.165) is 49.9 Å². The predicted molar refractivity (Wildman–Crippen MR) is 115 cm³/mol. The summed E-state index contributed by atoms with van der Waals surface area (Å²) in [6, 6.07) is 12.0. The summed E-state index contributed by atoms with van der Waals surface area (Å²) < 4.78 is 18.3. The van der Waals surface area contributed by atoms with Crippen molar-refractivity contribution < 1.29 is 14.2 Å². The van der Waals surface area contributed by atoms with E-state index in [1.165, 1.54) is 12.1 Å². The van der Waals surface area contributed by atoms with Crippen LogP contribution in [-0.4, -0.2) is 62.3 Å². The number of hydrogen-bond acceptors (Lipinski definition) is 4. The number of methoxy groups -OCH3 is 1. The lowest BCUT2D eigenvalue weighted by Crippen LogP contribution is -2.52. The lowest BCUT2D eigenvalue weighted by Gasteiger charge is -2.37. The minimum atomic E-state index is -0.211. The molecule has 2 aromatic carbocycles. The van der Waals surface area contributed by atoms with Crippen LogP contribution >= 0.6 is 0 Å². The summed E-state index contributed by atoms with van der Waals surface area (Å²) in [5, 5.41) is 13.5. The number of rotatable bonds is 6. The van der Waals surface area contributed by atoms with Crippen molar-refractivity contribution in [2.75, 3.05) is 51.3 Å². The molecule has 1 saturated heterocycles. The summed E-state index contributed by atoms with van der Waals surface area (Å²) >= 11 is 0. The van der Waals surface area contributed by atoms with Crippen molar-refractivity contribution in [3.8, 4) is 11.5 Å². The number of piperazine rings is 1. The van der Waals surface area contributed by atoms with Crippen LogP contribution in [0.15, 0.2) is 47.5 Å². The molecule has 0 bridgehead atoms. The SMILES string of the molecule is CCNC(=NCCc1ccc(OC)cc1O)N1CCN(c2ccc(F)cc2)CC1. The van der Waals surface area contributed by atoms with Crippen molar-refractivity contribution in [2.45, 2.75) is 13.3 Å². The molecule has 3 rings (SSSR count). The van der Waals surface area contributed by atoms with E-state index in [4.69, 9.17) is 9.73 Å². The Balaban J connectivity index is 1.57. The molecule has 0 aromatic heterocycles. The Hall–Kier alpha value is -2.96. The van der Waals surface area contributed by atoms with E-state index < -0.39 is 0 Å². The van der Waals surface area contributed by atoms with Gasteiger partial charge in [-0.05, 0) is 49.2 Å². The molecule has 1 heterocycles. The van der Waals surface area contributed by atoms with Crippen LogP contribution in [0.25, 0.3) is 0 Å². The average Bonchev–Trinajstić information content (AvgIpc) is 2.75. The summed E-state index contributed by atoms with van der Waals surface area (Å²) in [7, 11) is 1.58. The van der Waals surface area contributed by atoms with E-state index in [1.807, 2.05) is 24.3 Å². The van der Waals surface area contributed by atoms with Gasteiger partial charge in [-0.25, -0.2) is 4.39 Å². The molecule has 0 radical (unpaired) electrons. The minimum absolute atomic E-state index is 0.211. The summed E-state index contributed by atoms with van der Waals surface area (Å²) in [4.78, 5) is 9.25. The fraction of sp³-hybridized carbons (Fsp3) is 0.409. The Morgan fingerprint density at radius 1 is 1.14 bits per heavy atom. The first-order valence-corrected chi connectivity index (χ1v) is 10.0. The van der Waals surface area contributed by atoms with Crippen molar-refractivity contribution in [1.29, 1.82) is 0 Å². The van der Waals surface area contributed by atoms with Gasteiger partial charge in [0.2, 0.25) is 0 Å². The van der Waals surface area contributed by atoms with Crippen LogP contribution in [0.4, 0.5) is 10.1 Å². The van der Waals surface area contributed by atoms with Gasteiger partial charge in [0.05, 0.1) is 7.11 Å². The van der Waals surface area contributed by atoms with Crippen molar-refractivity contribution in [2.24, 2.45) is 4.99 Å². The maximum absolute atomic E-state index is 13.1. The molecule has 2 aromatic rings. The average molecular weight is 400 g/mol. The number of aliphatic imine (C=N–C) groups is 1. The number of guanidine groups is 1. The fourth-order valence-corrected chi connectivity index (χ4v) is 3.42. The number of anilines is 1. The molecule has 0 amide bonds. The largest absolute Gasteiger partial charge is 0.508 e. The van der Waals surface area contributed by atoms with Crippen molar-refractivity contribution >= 4 is 11.6 Å². The number of nitrogens with one attached hydrogen (secondary N) is 1. The van der Waals surface area contributed by atoms with Crippen LogP contribution in [0, 0.1) is 5.82 Å². The highest BCUT2D eigenvalue weighted by atomic mass is 19.1. The van der Waals surface area contributed by atoms with Gasteiger partial charge in [0, 0.05) is 51.0 Å². The van der Waals surface area contributed by atoms with E-state index in [1.54, 1.807) is 13.2 Å². The Kier molecular flexibility index (Phi) is 7.16. The molecule has 7 heteroatoms. The quantitative estimate of drug-likeness (QED) is 0.577. The molecular formula is C22H29FN4O2. The Morgan fingerprint density at radius 2 is 1.86 bits per heavy atom. The van der Waals surface area contributed by atoms with Gasteiger partial charge in [0.1, 0.15) is 17.3 Å². The number of phenolic OH excluding ortho intramolecular Hbond substituents is 1. The van der Waals surface area contributed by atoms with Crippen LogP contribution < -0.4 is 15.0 Å². The van der Waals surface area contributed by atoms with Gasteiger partial charge in [0.25, 0.3) is 0 Å². The van der Waals surface area contributed by atoms with E-state index in [9.17, 15) is 9.50 Å². The molecule has 1 fully saturated rings. The zero-order valence-electron chi connectivity index (χ0n) is 17.1. The molecule has 6 nitrogen and oxygen atoms in total. The van der Waals surface area contributed by atoms with Crippen molar-refractivity contribution in [3.05, 3.63) is 53.8 Å². The zero-order chi connectivity index (χ0) is 20.6. The highest BCUT2D eigenvalue weighted by Gasteiger charge is 2.19. The summed E-state index contributed by atoms with van der Waals surface area (Å²) in [6.45, 7) is 6.84. The van der Waals surface area contributed by atoms with Crippen LogP contribution in [0.3, 0.4) is 0 Å². The molecule has 0 atom stereocenters. The first kappa shape index (κ1) is 20.8. The van der Waals surface area contributed by atoms with Gasteiger partial charge in [-0.3, -0.25) is 4.99 Å². The number of nitrogens with zero attached hydrogens (tertiary/aromatic N) is 3. The molecule has 0 saturated carbocycles. The fourth-order valence-electron chi connectivity index (χ4n) is 3.42. The number of halogens is 1. The van der Waals surface area contributed by atoms with E-state index in [-0.39, 0.29) is 11.6 Å². The maximum atomic E-state index is 13.1. The van der Waals surface area contributed by atoms with Gasteiger partial charge in [-0.1, -0.05) is 6.07 Å². The molecule has 29 heavy (non-hydrogen) atoms. The third-order valence-corrected chi connectivity index (χ3v) is 5.04. The molecule has 0 unspecified atom stereocenters. The van der Waals surface area contributed by atoms with E-state index in [0.29, 0.717) is 18.7 Å². The van der Waals surface area contributed by atoms with Gasteiger partial charge >= 0.3 is 0 Å². The zero-order valence-corrected chi connectivity index (χ0v) is 17.1. The second-order valence-electron chi connectivity index (χ2n) is 6.93. The highest BCUT2D eigenvalue weighted by molar-refractivity contribution is 5.80. The Labute approximate surface area is 171 Å². The molecule has 0 aliphatic carbocycles. The lowest BCUT2D eigenvalue weighted by molar-refractivity contribution is 0.372. The van der Waals surface area contributed by atoms with Crippen molar-refractivity contribution in [3.63, 3.8) is 0 Å². The summed E-state index contributed by atoms with van der Waals surface area (Å²) in [5.41, 5.74) is 1.90. The molecule has 2 N–H and O–H groups in total. The number of hydrogen-bond donors (Lipinski definition) is 2. The summed E-state index contributed by atoms with van der Waals surface area (Å²) in [5.74, 6) is 1.55. The van der Waals surface area contributed by atoms with Crippen LogP contribution in [0.5, 0.6) is 11.5 Å². The predicted octanol–water partition coefficient (Wildman–Crippen LogP) is 2.87. The highest BCUT2D eigenvalue weighted by Crippen LogP contribution is 2.23. The van der Waals surface area contributed by atoms with E-state index >= 15 is 0 Å². The Bertz CT molecular complexity index is 818. The third-order valence-electron chi connectivity index (χ3n) is 5.04. The molecule has 156 valence electrons. The second-order valence-corrected chi connectivity index (χ2v) is 6.93. The topological polar surface area (TPSA) is 60.3 Å². The van der Waals surface area contributed by atoms with Crippen LogP contribution in [-0.2, 0) is 6.42 Å². The number of phenols is 1. The number of ether oxygens (including phenoxy) is 1. The smallest absolute Gasteiger partial charge is 0.194 e. The Morgan fingerprint density at radius 3 is 2.48 bits per heavy atom. The maximum Gasteiger partial charge on any atom is 0.194 e. The van der Waals surface area contributed by atoms with Gasteiger partial charge < -0.3 is 25.0 Å². The third kappa shape index (κ3) is 5.53. The van der Waals surface area contributed by atoms with Crippen molar-refractivity contribution in [1.82, 2.24) is 10.2 Å². The molecule has 0 spiro atoms. The standard InChI is InChI=1S/C22H29FN4O2/c1-3-24-22(25-11-10-17-4-9-20(29-2)16-21(17)28)27-14-12-26(13-15-27)19-7-5-18(23)6-8-19/h4-9,16,28H,3,10-15H2,1-2H3,(H,24,25). The second kappa shape index (κ2) is 10.0. The van der Waals surface area contributed by atoms with Gasteiger partial charge in [-0.15, -0.1) is 0 Å². The molecular weight excluding hydrogens is 371 g/mol. The first-order chi connectivity index (χ1) is 14.1. The first-order valence-electron chi connectivity index (χ1n) is 10.0. The van der Waals surface area contributed by atoms with Crippen LogP contribution in [0.1, 0.15) is 12.5 Å². The monoisotopic (exact) mass is 400 g/mol. The van der Waals surface area contributed by atoms with E-state index in [2.05, 4.69) is 22.0 Å². The summed E-state index contributed by atoms with van der Waals surface area (Å²) in [6.07, 6.45) is 0.653. The number of benzene rings is 2. The van der Waals surface area contributed by atoms with Crippen LogP contribution in [0.2, 0.25) is 0 Å². The van der Waals surface area contributed by atoms with Gasteiger partial charge in [-0.2, -0.15) is 0 Å². The molecule has 1 aliphatic heterocycles. The molecule has 1 aliphatic rings.